The van der Waals surface area contributed by atoms with Crippen LogP contribution in [0, 0.1) is 6.92 Å². The zero-order valence-corrected chi connectivity index (χ0v) is 9.64. The highest BCUT2D eigenvalue weighted by Crippen LogP contribution is 2.30. The Morgan fingerprint density at radius 2 is 2.20 bits per heavy atom. The van der Waals surface area contributed by atoms with Crippen molar-refractivity contribution in [2.75, 3.05) is 5.73 Å². The summed E-state index contributed by atoms with van der Waals surface area (Å²) in [4.78, 5) is 8.72. The van der Waals surface area contributed by atoms with Crippen molar-refractivity contribution >= 4 is 16.3 Å². The Labute approximate surface area is 93.0 Å². The minimum atomic E-state index is 0.775. The molecule has 2 aromatic heterocycles. The summed E-state index contributed by atoms with van der Waals surface area (Å²) in [5.74, 6) is 0. The van der Waals surface area contributed by atoms with E-state index in [2.05, 4.69) is 16.9 Å². The molecular formula is C11H13N3S. The van der Waals surface area contributed by atoms with Crippen molar-refractivity contribution in [2.45, 2.75) is 20.3 Å². The maximum Gasteiger partial charge on any atom is 0.114 e. The van der Waals surface area contributed by atoms with Gasteiger partial charge in [-0.15, -0.1) is 11.3 Å². The van der Waals surface area contributed by atoms with Crippen LogP contribution in [0.5, 0.6) is 0 Å². The first-order chi connectivity index (χ1) is 7.20. The summed E-state index contributed by atoms with van der Waals surface area (Å²) < 4.78 is 0. The molecule has 0 unspecified atom stereocenters. The highest BCUT2D eigenvalue weighted by atomic mass is 32.1. The molecule has 0 aliphatic rings. The number of aromatic nitrogens is 2. The summed E-state index contributed by atoms with van der Waals surface area (Å²) in [6, 6.07) is 3.98. The van der Waals surface area contributed by atoms with Crippen LogP contribution < -0.4 is 5.73 Å². The number of aryl methyl sites for hydroxylation is 2. The molecule has 78 valence electrons. The van der Waals surface area contributed by atoms with Gasteiger partial charge in [-0.3, -0.25) is 4.98 Å². The van der Waals surface area contributed by atoms with Gasteiger partial charge in [0.1, 0.15) is 10.7 Å². The molecule has 0 spiro atoms. The average molecular weight is 219 g/mol. The van der Waals surface area contributed by atoms with E-state index in [-0.39, 0.29) is 0 Å². The first kappa shape index (κ1) is 10.1. The molecule has 2 N–H and O–H groups in total. The minimum Gasteiger partial charge on any atom is -0.389 e. The van der Waals surface area contributed by atoms with Gasteiger partial charge >= 0.3 is 0 Å². The van der Waals surface area contributed by atoms with Crippen molar-refractivity contribution in [3.05, 3.63) is 29.0 Å². The second-order valence-corrected chi connectivity index (χ2v) is 4.48. The van der Waals surface area contributed by atoms with Gasteiger partial charge in [0, 0.05) is 17.5 Å². The van der Waals surface area contributed by atoms with Crippen LogP contribution in [0.15, 0.2) is 18.3 Å². The fourth-order valence-electron chi connectivity index (χ4n) is 1.34. The summed E-state index contributed by atoms with van der Waals surface area (Å²) in [7, 11) is 0. The Balaban J connectivity index is 2.44. The fraction of sp³-hybridized carbons (Fsp3) is 0.273. The molecule has 0 fully saturated rings. The molecule has 0 atom stereocenters. The monoisotopic (exact) mass is 219 g/mol. The first-order valence-corrected chi connectivity index (χ1v) is 5.70. The molecule has 0 radical (unpaired) electrons. The van der Waals surface area contributed by atoms with Crippen LogP contribution in [0.25, 0.3) is 11.3 Å². The maximum absolute atomic E-state index is 5.92. The van der Waals surface area contributed by atoms with Crippen LogP contribution in [0.1, 0.15) is 17.6 Å². The van der Waals surface area contributed by atoms with E-state index in [0.717, 1.165) is 33.4 Å². The molecule has 0 saturated heterocycles. The van der Waals surface area contributed by atoms with E-state index < -0.39 is 0 Å². The van der Waals surface area contributed by atoms with Crippen molar-refractivity contribution in [1.82, 2.24) is 9.97 Å². The second-order valence-electron chi connectivity index (χ2n) is 3.36. The summed E-state index contributed by atoms with van der Waals surface area (Å²) >= 11 is 1.55. The summed E-state index contributed by atoms with van der Waals surface area (Å²) in [5.41, 5.74) is 8.78. The topological polar surface area (TPSA) is 51.8 Å². The third-order valence-corrected chi connectivity index (χ3v) is 3.21. The average Bonchev–Trinajstić information content (AvgIpc) is 2.61. The highest BCUT2D eigenvalue weighted by Gasteiger charge is 2.09. The molecule has 15 heavy (non-hydrogen) atoms. The molecule has 0 bridgehead atoms. The molecule has 0 amide bonds. The number of nitrogen functional groups attached to an aromatic ring is 1. The Bertz CT molecular complexity index is 459. The number of nitrogens with two attached hydrogens (primary N) is 1. The Morgan fingerprint density at radius 1 is 1.40 bits per heavy atom. The van der Waals surface area contributed by atoms with Gasteiger partial charge < -0.3 is 5.73 Å². The molecule has 2 rings (SSSR count). The van der Waals surface area contributed by atoms with E-state index in [1.54, 1.807) is 11.3 Å². The summed E-state index contributed by atoms with van der Waals surface area (Å²) in [6.45, 7) is 4.04. The van der Waals surface area contributed by atoms with Crippen LogP contribution in [-0.4, -0.2) is 9.97 Å². The molecule has 0 saturated carbocycles. The number of hydrogen-bond acceptors (Lipinski definition) is 4. The van der Waals surface area contributed by atoms with Crippen LogP contribution in [0.4, 0.5) is 5.00 Å². The van der Waals surface area contributed by atoms with E-state index in [1.165, 1.54) is 0 Å². The SMILES string of the molecule is CCc1nc(-c2ccc(C)nc2)c(N)s1. The van der Waals surface area contributed by atoms with Gasteiger partial charge in [-0.05, 0) is 25.5 Å². The van der Waals surface area contributed by atoms with Crippen LogP contribution in [-0.2, 0) is 6.42 Å². The highest BCUT2D eigenvalue weighted by molar-refractivity contribution is 7.16. The molecule has 2 aromatic rings. The van der Waals surface area contributed by atoms with Gasteiger partial charge in [-0.25, -0.2) is 4.98 Å². The molecular weight excluding hydrogens is 206 g/mol. The van der Waals surface area contributed by atoms with Crippen molar-refractivity contribution in [3.8, 4) is 11.3 Å². The van der Waals surface area contributed by atoms with E-state index in [1.807, 2.05) is 25.3 Å². The normalized spacial score (nSPS) is 10.5. The number of rotatable bonds is 2. The zero-order chi connectivity index (χ0) is 10.8. The lowest BCUT2D eigenvalue weighted by atomic mass is 10.2. The lowest BCUT2D eigenvalue weighted by Crippen LogP contribution is -1.88. The van der Waals surface area contributed by atoms with E-state index in [9.17, 15) is 0 Å². The molecule has 4 heteroatoms. The van der Waals surface area contributed by atoms with Crippen molar-refractivity contribution in [2.24, 2.45) is 0 Å². The van der Waals surface area contributed by atoms with Crippen molar-refractivity contribution < 1.29 is 0 Å². The van der Waals surface area contributed by atoms with E-state index in [0.29, 0.717) is 0 Å². The lowest BCUT2D eigenvalue weighted by molar-refractivity contribution is 1.09. The smallest absolute Gasteiger partial charge is 0.114 e. The summed E-state index contributed by atoms with van der Waals surface area (Å²) in [5, 5.41) is 1.85. The van der Waals surface area contributed by atoms with E-state index in [4.69, 9.17) is 5.73 Å². The first-order valence-electron chi connectivity index (χ1n) is 4.89. The molecule has 3 nitrogen and oxygen atoms in total. The number of anilines is 1. The number of nitrogens with zero attached hydrogens (tertiary/aromatic N) is 2. The van der Waals surface area contributed by atoms with Gasteiger partial charge in [0.25, 0.3) is 0 Å². The van der Waals surface area contributed by atoms with Gasteiger partial charge in [0.05, 0.1) is 5.01 Å². The zero-order valence-electron chi connectivity index (χ0n) is 8.82. The Hall–Kier alpha value is -1.42. The van der Waals surface area contributed by atoms with Crippen LogP contribution >= 0.6 is 11.3 Å². The molecule has 2 heterocycles. The predicted molar refractivity (Wildman–Crippen MR) is 63.9 cm³/mol. The van der Waals surface area contributed by atoms with Gasteiger partial charge in [0.2, 0.25) is 0 Å². The van der Waals surface area contributed by atoms with E-state index >= 15 is 0 Å². The minimum absolute atomic E-state index is 0.775. The summed E-state index contributed by atoms with van der Waals surface area (Å²) in [6.07, 6.45) is 2.74. The predicted octanol–water partition coefficient (Wildman–Crippen LogP) is 2.66. The quantitative estimate of drug-likeness (QED) is 0.844. The lowest BCUT2D eigenvalue weighted by Gasteiger charge is -1.98. The second kappa shape index (κ2) is 3.98. The van der Waals surface area contributed by atoms with Crippen LogP contribution in [0.2, 0.25) is 0 Å². The standard InChI is InChI=1S/C11H13N3S/c1-3-9-14-10(11(12)15-9)8-5-4-7(2)13-6-8/h4-6H,3,12H2,1-2H3. The van der Waals surface area contributed by atoms with Crippen molar-refractivity contribution in [3.63, 3.8) is 0 Å². The number of pyridine rings is 1. The van der Waals surface area contributed by atoms with Crippen LogP contribution in [0.3, 0.4) is 0 Å². The molecule has 0 aliphatic heterocycles. The number of thiazole rings is 1. The third-order valence-electron chi connectivity index (χ3n) is 2.18. The maximum atomic E-state index is 5.92. The van der Waals surface area contributed by atoms with Gasteiger partial charge in [-0.2, -0.15) is 0 Å². The largest absolute Gasteiger partial charge is 0.389 e. The Kier molecular flexibility index (Phi) is 2.68. The van der Waals surface area contributed by atoms with Gasteiger partial charge in [-0.1, -0.05) is 6.92 Å². The molecule has 0 aliphatic carbocycles. The fourth-order valence-corrected chi connectivity index (χ4v) is 2.14. The Morgan fingerprint density at radius 3 is 2.73 bits per heavy atom. The number of hydrogen-bond donors (Lipinski definition) is 1. The van der Waals surface area contributed by atoms with Crippen molar-refractivity contribution in [1.29, 1.82) is 0 Å². The van der Waals surface area contributed by atoms with Gasteiger partial charge in [0.15, 0.2) is 0 Å². The molecule has 0 aromatic carbocycles. The third kappa shape index (κ3) is 1.99.